The second kappa shape index (κ2) is 10.0. The third-order valence-corrected chi connectivity index (χ3v) is 4.95. The molecule has 0 aliphatic rings. The lowest BCUT2D eigenvalue weighted by molar-refractivity contribution is -0.384. The SMILES string of the molecule is C/C(=N\NC(=O)c1ccc([N+](=O)[O-])cc1)c1ccc(NC(=O)c2ccc(Cl)cc2Cl)cc1. The van der Waals surface area contributed by atoms with Gasteiger partial charge in [0.25, 0.3) is 17.5 Å². The summed E-state index contributed by atoms with van der Waals surface area (Å²) in [6, 6.07) is 16.6. The fourth-order valence-electron chi connectivity index (χ4n) is 2.67. The molecule has 0 heterocycles. The zero-order chi connectivity index (χ0) is 23.3. The quantitative estimate of drug-likeness (QED) is 0.288. The van der Waals surface area contributed by atoms with Gasteiger partial charge in [-0.05, 0) is 55.0 Å². The van der Waals surface area contributed by atoms with Crippen LogP contribution >= 0.6 is 23.2 Å². The van der Waals surface area contributed by atoms with Gasteiger partial charge in [0.2, 0.25) is 0 Å². The lowest BCUT2D eigenvalue weighted by atomic mass is 10.1. The smallest absolute Gasteiger partial charge is 0.271 e. The van der Waals surface area contributed by atoms with Gasteiger partial charge in [-0.3, -0.25) is 19.7 Å². The summed E-state index contributed by atoms with van der Waals surface area (Å²) in [5, 5.41) is 18.2. The molecule has 0 atom stereocenters. The van der Waals surface area contributed by atoms with Crippen molar-refractivity contribution in [3.63, 3.8) is 0 Å². The van der Waals surface area contributed by atoms with Crippen molar-refractivity contribution in [2.45, 2.75) is 6.92 Å². The predicted octanol–water partition coefficient (Wildman–Crippen LogP) is 5.31. The number of amides is 2. The number of nitrogens with zero attached hydrogens (tertiary/aromatic N) is 2. The third-order valence-electron chi connectivity index (χ3n) is 4.40. The van der Waals surface area contributed by atoms with Crippen LogP contribution in [0.25, 0.3) is 0 Å². The summed E-state index contributed by atoms with van der Waals surface area (Å²) in [6.07, 6.45) is 0. The summed E-state index contributed by atoms with van der Waals surface area (Å²) in [5.74, 6) is -0.872. The number of hydrogen-bond donors (Lipinski definition) is 2. The highest BCUT2D eigenvalue weighted by atomic mass is 35.5. The van der Waals surface area contributed by atoms with Crippen LogP contribution in [0.15, 0.2) is 71.8 Å². The highest BCUT2D eigenvalue weighted by molar-refractivity contribution is 6.37. The Bertz CT molecular complexity index is 1210. The molecule has 0 saturated heterocycles. The standard InChI is InChI=1S/C22H16Cl2N4O4/c1-13(26-27-21(29)15-4-9-18(10-5-15)28(31)32)14-2-7-17(8-3-14)25-22(30)19-11-6-16(23)12-20(19)24/h2-12H,1H3,(H,25,30)(H,27,29)/b26-13+. The van der Waals surface area contributed by atoms with E-state index in [2.05, 4.69) is 15.8 Å². The maximum absolute atomic E-state index is 12.4. The maximum atomic E-state index is 12.4. The normalized spacial score (nSPS) is 11.0. The van der Waals surface area contributed by atoms with Crippen LogP contribution < -0.4 is 10.7 Å². The van der Waals surface area contributed by atoms with Crippen molar-refractivity contribution in [3.05, 3.63) is 104 Å². The van der Waals surface area contributed by atoms with Crippen molar-refractivity contribution in [3.8, 4) is 0 Å². The van der Waals surface area contributed by atoms with E-state index in [1.807, 2.05) is 0 Å². The summed E-state index contributed by atoms with van der Waals surface area (Å²) >= 11 is 11.9. The molecule has 0 aliphatic carbocycles. The van der Waals surface area contributed by atoms with Gasteiger partial charge in [0.05, 0.1) is 21.2 Å². The highest BCUT2D eigenvalue weighted by Gasteiger charge is 2.12. The summed E-state index contributed by atoms with van der Waals surface area (Å²) < 4.78 is 0. The molecule has 0 saturated carbocycles. The molecular weight excluding hydrogens is 455 g/mol. The van der Waals surface area contributed by atoms with Crippen molar-refractivity contribution < 1.29 is 14.5 Å². The molecule has 8 nitrogen and oxygen atoms in total. The van der Waals surface area contributed by atoms with Gasteiger partial charge in [-0.1, -0.05) is 35.3 Å². The molecular formula is C22H16Cl2N4O4. The molecule has 0 fully saturated rings. The van der Waals surface area contributed by atoms with E-state index >= 15 is 0 Å². The Balaban J connectivity index is 1.63. The molecule has 0 spiro atoms. The summed E-state index contributed by atoms with van der Waals surface area (Å²) in [6.45, 7) is 1.71. The number of nitro groups is 1. The van der Waals surface area contributed by atoms with E-state index in [9.17, 15) is 19.7 Å². The van der Waals surface area contributed by atoms with E-state index in [0.29, 0.717) is 22.0 Å². The van der Waals surface area contributed by atoms with Crippen LogP contribution in [-0.4, -0.2) is 22.4 Å². The zero-order valence-electron chi connectivity index (χ0n) is 16.6. The summed E-state index contributed by atoms with van der Waals surface area (Å²) in [4.78, 5) is 34.7. The van der Waals surface area contributed by atoms with Gasteiger partial charge < -0.3 is 5.32 Å². The minimum atomic E-state index is -0.542. The molecule has 32 heavy (non-hydrogen) atoms. The fourth-order valence-corrected chi connectivity index (χ4v) is 3.16. The lowest BCUT2D eigenvalue weighted by Crippen LogP contribution is -2.19. The van der Waals surface area contributed by atoms with Crippen molar-refractivity contribution in [2.75, 3.05) is 5.32 Å². The van der Waals surface area contributed by atoms with Gasteiger partial charge in [-0.2, -0.15) is 5.10 Å². The largest absolute Gasteiger partial charge is 0.322 e. The first-order chi connectivity index (χ1) is 15.2. The number of non-ortho nitro benzene ring substituents is 1. The highest BCUT2D eigenvalue weighted by Crippen LogP contribution is 2.22. The number of benzene rings is 3. The molecule has 0 aliphatic heterocycles. The fraction of sp³-hybridized carbons (Fsp3) is 0.0455. The monoisotopic (exact) mass is 470 g/mol. The van der Waals surface area contributed by atoms with E-state index in [-0.39, 0.29) is 22.2 Å². The average molecular weight is 471 g/mol. The molecule has 2 amide bonds. The molecule has 10 heteroatoms. The number of halogens is 2. The Morgan fingerprint density at radius 3 is 2.12 bits per heavy atom. The van der Waals surface area contributed by atoms with Crippen molar-refractivity contribution in [1.29, 1.82) is 0 Å². The minimum absolute atomic E-state index is 0.105. The summed E-state index contributed by atoms with van der Waals surface area (Å²) in [7, 11) is 0. The Morgan fingerprint density at radius 1 is 0.906 bits per heavy atom. The zero-order valence-corrected chi connectivity index (χ0v) is 18.1. The van der Waals surface area contributed by atoms with E-state index in [4.69, 9.17) is 23.2 Å². The molecule has 0 aromatic heterocycles. The third kappa shape index (κ3) is 5.69. The first kappa shape index (κ1) is 22.9. The van der Waals surface area contributed by atoms with Gasteiger partial charge >= 0.3 is 0 Å². The van der Waals surface area contributed by atoms with Crippen molar-refractivity contribution in [2.24, 2.45) is 5.10 Å². The number of carbonyl (C=O) groups is 2. The predicted molar refractivity (Wildman–Crippen MR) is 124 cm³/mol. The second-order valence-electron chi connectivity index (χ2n) is 6.60. The van der Waals surface area contributed by atoms with Gasteiger partial charge in [-0.15, -0.1) is 0 Å². The number of hydrazone groups is 1. The van der Waals surface area contributed by atoms with Gasteiger partial charge in [-0.25, -0.2) is 5.43 Å². The molecule has 162 valence electrons. The molecule has 3 rings (SSSR count). The second-order valence-corrected chi connectivity index (χ2v) is 7.44. The topological polar surface area (TPSA) is 114 Å². The van der Waals surface area contributed by atoms with Crippen LogP contribution in [0.5, 0.6) is 0 Å². The first-order valence-electron chi connectivity index (χ1n) is 9.20. The number of nitrogens with one attached hydrogen (secondary N) is 2. The molecule has 2 N–H and O–H groups in total. The number of hydrogen-bond acceptors (Lipinski definition) is 5. The van der Waals surface area contributed by atoms with E-state index < -0.39 is 10.8 Å². The number of anilines is 1. The molecule has 0 bridgehead atoms. The van der Waals surface area contributed by atoms with Crippen LogP contribution in [0.2, 0.25) is 10.0 Å². The van der Waals surface area contributed by atoms with Crippen molar-refractivity contribution >= 4 is 52.1 Å². The van der Waals surface area contributed by atoms with Crippen LogP contribution in [0.4, 0.5) is 11.4 Å². The van der Waals surface area contributed by atoms with E-state index in [1.54, 1.807) is 43.3 Å². The molecule has 3 aromatic carbocycles. The van der Waals surface area contributed by atoms with Crippen molar-refractivity contribution in [1.82, 2.24) is 5.43 Å². The van der Waals surface area contributed by atoms with Crippen LogP contribution in [0.1, 0.15) is 33.2 Å². The van der Waals surface area contributed by atoms with E-state index in [1.165, 1.54) is 30.3 Å². The Labute approximate surface area is 193 Å². The maximum Gasteiger partial charge on any atom is 0.271 e. The Kier molecular flexibility index (Phi) is 7.19. The van der Waals surface area contributed by atoms with Gasteiger partial charge in [0, 0.05) is 28.4 Å². The summed E-state index contributed by atoms with van der Waals surface area (Å²) in [5.41, 5.74) is 4.64. The van der Waals surface area contributed by atoms with Crippen LogP contribution in [0, 0.1) is 10.1 Å². The van der Waals surface area contributed by atoms with Crippen LogP contribution in [0.3, 0.4) is 0 Å². The Morgan fingerprint density at radius 2 is 1.53 bits per heavy atom. The minimum Gasteiger partial charge on any atom is -0.322 e. The molecule has 0 unspecified atom stereocenters. The molecule has 0 radical (unpaired) electrons. The average Bonchev–Trinajstić information content (AvgIpc) is 2.77. The lowest BCUT2D eigenvalue weighted by Gasteiger charge is -2.08. The first-order valence-corrected chi connectivity index (χ1v) is 9.96. The Hall–Kier alpha value is -3.75. The van der Waals surface area contributed by atoms with Crippen LogP contribution in [-0.2, 0) is 0 Å². The number of carbonyl (C=O) groups excluding carboxylic acids is 2. The number of nitro benzene ring substituents is 1. The van der Waals surface area contributed by atoms with Gasteiger partial charge in [0.15, 0.2) is 0 Å². The molecule has 3 aromatic rings. The van der Waals surface area contributed by atoms with Gasteiger partial charge in [0.1, 0.15) is 0 Å². The number of rotatable bonds is 6. The van der Waals surface area contributed by atoms with E-state index in [0.717, 1.165) is 5.56 Å².